The van der Waals surface area contributed by atoms with Crippen LogP contribution in [0, 0.1) is 0 Å². The Hall–Kier alpha value is -6.43. The van der Waals surface area contributed by atoms with Crippen molar-refractivity contribution in [3.05, 3.63) is 169 Å². The van der Waals surface area contributed by atoms with E-state index in [1.165, 1.54) is 64.2 Å². The van der Waals surface area contributed by atoms with Crippen LogP contribution in [0.5, 0.6) is 0 Å². The Morgan fingerprint density at radius 1 is 0.464 bits per heavy atom. The first-order valence-electron chi connectivity index (χ1n) is 19.3. The van der Waals surface area contributed by atoms with Gasteiger partial charge in [-0.1, -0.05) is 149 Å². The highest BCUT2D eigenvalue weighted by molar-refractivity contribution is 7.26. The lowest BCUT2D eigenvalue weighted by molar-refractivity contribution is 0.301. The van der Waals surface area contributed by atoms with Gasteiger partial charge >= 0.3 is 0 Å². The Balaban J connectivity index is 1.14. The maximum atomic E-state index is 5.26. The molecule has 10 aromatic rings. The van der Waals surface area contributed by atoms with Gasteiger partial charge in [0.25, 0.3) is 0 Å². The summed E-state index contributed by atoms with van der Waals surface area (Å²) >= 11 is 1.79. The van der Waals surface area contributed by atoms with Crippen molar-refractivity contribution < 1.29 is 0 Å². The summed E-state index contributed by atoms with van der Waals surface area (Å²) in [5.74, 6) is 1.97. The molecule has 5 heteroatoms. The Labute approximate surface area is 329 Å². The van der Waals surface area contributed by atoms with Crippen molar-refractivity contribution in [2.45, 2.75) is 38.5 Å². The minimum absolute atomic E-state index is 0.0823. The number of fused-ring (bicyclic) bond motifs is 10. The fraction of sp³-hybridized carbons (Fsp3) is 0.118. The SMILES string of the molecule is CC1(C)c2ccccc2-c2ccc3c(c2C1(C)C)c1ccccc1n3-c1cccc(-c2nc(-c3ccccc3)nc(-c3cccc4c3sc3ccccc34)n2)c1. The smallest absolute Gasteiger partial charge is 0.165 e. The van der Waals surface area contributed by atoms with Gasteiger partial charge in [-0.2, -0.15) is 0 Å². The van der Waals surface area contributed by atoms with Gasteiger partial charge in [-0.25, -0.2) is 15.0 Å². The normalized spacial score (nSPS) is 14.4. The summed E-state index contributed by atoms with van der Waals surface area (Å²) in [6.07, 6.45) is 0. The Kier molecular flexibility index (Phi) is 7.08. The Morgan fingerprint density at radius 2 is 1.11 bits per heavy atom. The van der Waals surface area contributed by atoms with Crippen LogP contribution in [-0.2, 0) is 10.8 Å². The highest BCUT2D eigenvalue weighted by atomic mass is 32.1. The summed E-state index contributed by atoms with van der Waals surface area (Å²) in [5.41, 5.74) is 11.6. The summed E-state index contributed by atoms with van der Waals surface area (Å²) in [5, 5.41) is 5.06. The predicted molar refractivity (Wildman–Crippen MR) is 235 cm³/mol. The average Bonchev–Trinajstić information content (AvgIpc) is 3.79. The molecule has 268 valence electrons. The van der Waals surface area contributed by atoms with Gasteiger partial charge in [-0.3, -0.25) is 0 Å². The molecule has 0 saturated carbocycles. The van der Waals surface area contributed by atoms with Crippen molar-refractivity contribution in [3.8, 4) is 51.0 Å². The first-order chi connectivity index (χ1) is 27.3. The zero-order valence-electron chi connectivity index (χ0n) is 31.7. The third kappa shape index (κ3) is 4.67. The maximum Gasteiger partial charge on any atom is 0.165 e. The second-order valence-corrected chi connectivity index (χ2v) is 17.1. The fourth-order valence-electron chi connectivity index (χ4n) is 9.17. The molecule has 0 amide bonds. The highest BCUT2D eigenvalue weighted by Crippen LogP contribution is 2.56. The van der Waals surface area contributed by atoms with Crippen LogP contribution < -0.4 is 0 Å². The second-order valence-electron chi connectivity index (χ2n) is 16.0. The molecule has 56 heavy (non-hydrogen) atoms. The molecule has 7 aromatic carbocycles. The molecule has 1 aliphatic carbocycles. The van der Waals surface area contributed by atoms with E-state index in [0.717, 1.165) is 22.4 Å². The number of aromatic nitrogens is 4. The van der Waals surface area contributed by atoms with Gasteiger partial charge in [0.05, 0.1) is 11.0 Å². The van der Waals surface area contributed by atoms with E-state index in [1.807, 2.05) is 18.2 Å². The lowest BCUT2D eigenvalue weighted by atomic mass is 9.55. The van der Waals surface area contributed by atoms with Crippen molar-refractivity contribution in [3.63, 3.8) is 0 Å². The third-order valence-electron chi connectivity index (χ3n) is 12.6. The minimum Gasteiger partial charge on any atom is -0.309 e. The monoisotopic (exact) mass is 738 g/mol. The number of hydrogen-bond acceptors (Lipinski definition) is 4. The van der Waals surface area contributed by atoms with Crippen molar-refractivity contribution >= 4 is 53.3 Å². The molecule has 3 aromatic heterocycles. The molecule has 1 aliphatic rings. The number of benzene rings is 7. The van der Waals surface area contributed by atoms with Gasteiger partial charge in [0.2, 0.25) is 0 Å². The highest BCUT2D eigenvalue weighted by Gasteiger charge is 2.47. The maximum absolute atomic E-state index is 5.26. The number of thiophene rings is 1. The Bertz CT molecular complexity index is 3200. The Morgan fingerprint density at radius 3 is 1.96 bits per heavy atom. The van der Waals surface area contributed by atoms with Gasteiger partial charge in [0.1, 0.15) is 0 Å². The lowest BCUT2D eigenvalue weighted by Gasteiger charge is -2.48. The number of para-hydroxylation sites is 1. The molecule has 3 heterocycles. The van der Waals surface area contributed by atoms with E-state index >= 15 is 0 Å². The molecular weight excluding hydrogens is 701 g/mol. The van der Waals surface area contributed by atoms with E-state index in [1.54, 1.807) is 11.3 Å². The predicted octanol–water partition coefficient (Wildman–Crippen LogP) is 13.6. The van der Waals surface area contributed by atoms with E-state index < -0.39 is 0 Å². The van der Waals surface area contributed by atoms with Crippen LogP contribution >= 0.6 is 11.3 Å². The van der Waals surface area contributed by atoms with Crippen molar-refractivity contribution in [2.24, 2.45) is 0 Å². The van der Waals surface area contributed by atoms with Crippen LogP contribution in [0.1, 0.15) is 38.8 Å². The van der Waals surface area contributed by atoms with Gasteiger partial charge < -0.3 is 4.57 Å². The molecule has 0 bridgehead atoms. The molecule has 0 atom stereocenters. The molecular formula is C51H38N4S. The molecule has 4 nitrogen and oxygen atoms in total. The zero-order chi connectivity index (χ0) is 37.8. The van der Waals surface area contributed by atoms with Crippen LogP contribution in [0.15, 0.2) is 158 Å². The van der Waals surface area contributed by atoms with E-state index in [2.05, 4.69) is 172 Å². The lowest BCUT2D eigenvalue weighted by Crippen LogP contribution is -2.43. The molecule has 0 unspecified atom stereocenters. The van der Waals surface area contributed by atoms with Crippen molar-refractivity contribution in [1.29, 1.82) is 0 Å². The summed E-state index contributed by atoms with van der Waals surface area (Å²) in [6, 6.07) is 56.5. The van der Waals surface area contributed by atoms with E-state index in [4.69, 9.17) is 15.0 Å². The van der Waals surface area contributed by atoms with Gasteiger partial charge in [0, 0.05) is 58.7 Å². The molecule has 0 saturated heterocycles. The molecule has 0 radical (unpaired) electrons. The first-order valence-corrected chi connectivity index (χ1v) is 20.1. The molecule has 11 rings (SSSR count). The molecule has 0 fully saturated rings. The van der Waals surface area contributed by atoms with Crippen LogP contribution in [0.25, 0.3) is 93.0 Å². The van der Waals surface area contributed by atoms with E-state index in [0.29, 0.717) is 17.5 Å². The van der Waals surface area contributed by atoms with Gasteiger partial charge in [-0.05, 0) is 64.1 Å². The summed E-state index contributed by atoms with van der Waals surface area (Å²) < 4.78 is 4.86. The molecule has 0 spiro atoms. The minimum atomic E-state index is -0.139. The van der Waals surface area contributed by atoms with Crippen LogP contribution in [0.4, 0.5) is 0 Å². The zero-order valence-corrected chi connectivity index (χ0v) is 32.5. The summed E-state index contributed by atoms with van der Waals surface area (Å²) in [4.78, 5) is 15.5. The third-order valence-corrected chi connectivity index (χ3v) is 13.8. The van der Waals surface area contributed by atoms with E-state index in [-0.39, 0.29) is 10.8 Å². The standard InChI is InChI=1S/C51H38N4S/c1-50(2)40-25-11-8-20-34(40)36-28-29-42-44(45(36)51(50,3)4)38-22-9-12-26-41(38)55(42)33-19-14-18-32(30-33)48-52-47(31-16-6-5-7-17-31)53-49(54-48)39-24-15-23-37-35-21-10-13-27-43(35)56-46(37)39/h5-30H,1-4H3. The van der Waals surface area contributed by atoms with Crippen molar-refractivity contribution in [1.82, 2.24) is 19.5 Å². The largest absolute Gasteiger partial charge is 0.309 e. The second kappa shape index (κ2) is 12.0. The fourth-order valence-corrected chi connectivity index (χ4v) is 10.4. The summed E-state index contributed by atoms with van der Waals surface area (Å²) in [6.45, 7) is 9.67. The van der Waals surface area contributed by atoms with Gasteiger partial charge in [-0.15, -0.1) is 11.3 Å². The van der Waals surface area contributed by atoms with Crippen LogP contribution in [0.2, 0.25) is 0 Å². The van der Waals surface area contributed by atoms with E-state index in [9.17, 15) is 0 Å². The van der Waals surface area contributed by atoms with Crippen LogP contribution in [-0.4, -0.2) is 19.5 Å². The first kappa shape index (κ1) is 33.0. The molecule has 0 aliphatic heterocycles. The summed E-state index contributed by atoms with van der Waals surface area (Å²) in [7, 11) is 0. The average molecular weight is 739 g/mol. The number of rotatable bonds is 4. The topological polar surface area (TPSA) is 43.6 Å². The molecule has 0 N–H and O–H groups in total. The number of hydrogen-bond donors (Lipinski definition) is 0. The number of nitrogens with zero attached hydrogens (tertiary/aromatic N) is 4. The van der Waals surface area contributed by atoms with Crippen molar-refractivity contribution in [2.75, 3.05) is 0 Å². The van der Waals surface area contributed by atoms with Gasteiger partial charge in [0.15, 0.2) is 17.5 Å². The quantitative estimate of drug-likeness (QED) is 0.181. The van der Waals surface area contributed by atoms with Crippen LogP contribution in [0.3, 0.4) is 0 Å².